The topological polar surface area (TPSA) is 114 Å². The third-order valence-corrected chi connectivity index (χ3v) is 6.24. The summed E-state index contributed by atoms with van der Waals surface area (Å²) in [7, 11) is 1.48. The summed E-state index contributed by atoms with van der Waals surface area (Å²) in [5.41, 5.74) is -1.23. The molecule has 0 aliphatic carbocycles. The van der Waals surface area contributed by atoms with E-state index in [-0.39, 0.29) is 23.2 Å². The van der Waals surface area contributed by atoms with Gasteiger partial charge in [-0.15, -0.1) is 0 Å². The van der Waals surface area contributed by atoms with Crippen molar-refractivity contribution in [2.75, 3.05) is 57.1 Å². The van der Waals surface area contributed by atoms with E-state index in [4.69, 9.17) is 25.8 Å². The molecule has 0 spiro atoms. The van der Waals surface area contributed by atoms with Crippen LogP contribution in [-0.2, 0) is 10.9 Å². The van der Waals surface area contributed by atoms with Crippen LogP contribution in [-0.4, -0.2) is 68.3 Å². The number of hydrogen-bond acceptors (Lipinski definition) is 7. The number of morpholine rings is 1. The predicted molar refractivity (Wildman–Crippen MR) is 146 cm³/mol. The van der Waals surface area contributed by atoms with Crippen molar-refractivity contribution in [1.82, 2.24) is 15.2 Å². The number of pyridine rings is 1. The number of anilines is 2. The molecule has 0 radical (unpaired) electrons. The number of carbonyl (C=O) groups excluding carboxylic acids is 2. The average Bonchev–Trinajstić information content (AvgIpc) is 2.95. The summed E-state index contributed by atoms with van der Waals surface area (Å²) in [6.07, 6.45) is -3.43. The first-order chi connectivity index (χ1) is 19.6. The Hall–Kier alpha value is -4.07. The maximum atomic E-state index is 14.1. The molecule has 3 amide bonds. The summed E-state index contributed by atoms with van der Waals surface area (Å²) >= 11 is 6.08. The van der Waals surface area contributed by atoms with Crippen LogP contribution in [0.4, 0.5) is 29.3 Å². The van der Waals surface area contributed by atoms with Gasteiger partial charge in [-0.25, -0.2) is 4.79 Å². The van der Waals surface area contributed by atoms with Crippen molar-refractivity contribution < 1.29 is 37.0 Å². The number of halogens is 4. The average molecular weight is 594 g/mol. The van der Waals surface area contributed by atoms with Gasteiger partial charge in [0.2, 0.25) is 0 Å². The van der Waals surface area contributed by atoms with Gasteiger partial charge in [-0.3, -0.25) is 14.7 Å². The largest absolute Gasteiger partial charge is 0.490 e. The third-order valence-electron chi connectivity index (χ3n) is 5.94. The monoisotopic (exact) mass is 593 g/mol. The van der Waals surface area contributed by atoms with E-state index in [9.17, 15) is 22.8 Å². The Morgan fingerprint density at radius 3 is 2.46 bits per heavy atom. The summed E-state index contributed by atoms with van der Waals surface area (Å²) in [5, 5.41) is 6.97. The zero-order chi connectivity index (χ0) is 29.4. The van der Waals surface area contributed by atoms with E-state index in [1.807, 2.05) is 4.90 Å². The minimum atomic E-state index is -4.86. The van der Waals surface area contributed by atoms with Crippen LogP contribution in [0.1, 0.15) is 16.1 Å². The number of aromatic nitrogens is 1. The van der Waals surface area contributed by atoms with E-state index >= 15 is 0 Å². The molecule has 41 heavy (non-hydrogen) atoms. The highest BCUT2D eigenvalue weighted by Gasteiger charge is 2.39. The molecule has 1 fully saturated rings. The van der Waals surface area contributed by atoms with Crippen molar-refractivity contribution in [3.8, 4) is 17.2 Å². The van der Waals surface area contributed by atoms with Crippen molar-refractivity contribution in [3.63, 3.8) is 0 Å². The Morgan fingerprint density at radius 1 is 1.05 bits per heavy atom. The van der Waals surface area contributed by atoms with Crippen LogP contribution < -0.4 is 25.4 Å². The van der Waals surface area contributed by atoms with Gasteiger partial charge in [0.25, 0.3) is 5.91 Å². The molecule has 0 unspecified atom stereocenters. The van der Waals surface area contributed by atoms with Crippen LogP contribution in [0.25, 0.3) is 0 Å². The number of nitrogens with one attached hydrogen (secondary N) is 3. The maximum absolute atomic E-state index is 14.1. The molecule has 4 rings (SSSR count). The molecule has 218 valence electrons. The lowest BCUT2D eigenvalue weighted by molar-refractivity contribution is -0.138. The van der Waals surface area contributed by atoms with E-state index in [1.165, 1.54) is 37.5 Å². The molecule has 1 aliphatic heterocycles. The predicted octanol–water partition coefficient (Wildman–Crippen LogP) is 5.26. The van der Waals surface area contributed by atoms with Crippen LogP contribution in [0.2, 0.25) is 5.02 Å². The molecule has 14 heteroatoms. The van der Waals surface area contributed by atoms with Crippen molar-refractivity contribution >= 4 is 34.9 Å². The number of carbonyl (C=O) groups is 2. The number of hydrogen-bond donors (Lipinski definition) is 3. The SMILES string of the molecule is CNC(=O)c1cc(Oc2ccc(NC(=O)Nc3ccc(Cl)c(OCCN4CCOCC4)c3C(F)(F)F)cc2)ccn1. The second-order valence-corrected chi connectivity index (χ2v) is 9.17. The fourth-order valence-corrected chi connectivity index (χ4v) is 4.15. The first-order valence-corrected chi connectivity index (χ1v) is 12.9. The lowest BCUT2D eigenvalue weighted by Gasteiger charge is -2.27. The highest BCUT2D eigenvalue weighted by Crippen LogP contribution is 2.45. The van der Waals surface area contributed by atoms with Crippen LogP contribution in [0.5, 0.6) is 17.2 Å². The number of urea groups is 1. The minimum Gasteiger partial charge on any atom is -0.490 e. The van der Waals surface area contributed by atoms with Gasteiger partial charge in [0.15, 0.2) is 5.75 Å². The lowest BCUT2D eigenvalue weighted by atomic mass is 10.1. The number of alkyl halides is 3. The van der Waals surface area contributed by atoms with Gasteiger partial charge in [-0.2, -0.15) is 13.2 Å². The van der Waals surface area contributed by atoms with Gasteiger partial charge in [-0.05, 0) is 42.5 Å². The van der Waals surface area contributed by atoms with Crippen LogP contribution in [0.3, 0.4) is 0 Å². The van der Waals surface area contributed by atoms with Crippen molar-refractivity contribution in [2.45, 2.75) is 6.18 Å². The Balaban J connectivity index is 1.41. The second kappa shape index (κ2) is 13.5. The smallest absolute Gasteiger partial charge is 0.422 e. The zero-order valence-electron chi connectivity index (χ0n) is 21.9. The Morgan fingerprint density at radius 2 is 1.78 bits per heavy atom. The van der Waals surface area contributed by atoms with Crippen LogP contribution in [0.15, 0.2) is 54.7 Å². The van der Waals surface area contributed by atoms with Gasteiger partial charge in [0, 0.05) is 44.6 Å². The van der Waals surface area contributed by atoms with E-state index in [0.717, 1.165) is 6.07 Å². The molecular formula is C27H27ClF3N5O5. The van der Waals surface area contributed by atoms with Gasteiger partial charge in [0.05, 0.1) is 23.9 Å². The molecule has 10 nitrogen and oxygen atoms in total. The molecule has 0 atom stereocenters. The molecular weight excluding hydrogens is 567 g/mol. The van der Waals surface area contributed by atoms with E-state index in [0.29, 0.717) is 50.0 Å². The van der Waals surface area contributed by atoms with Crippen molar-refractivity contribution in [2.24, 2.45) is 0 Å². The maximum Gasteiger partial charge on any atom is 0.422 e. The third kappa shape index (κ3) is 8.22. The summed E-state index contributed by atoms with van der Waals surface area (Å²) in [6.45, 7) is 2.76. The number of ether oxygens (including phenoxy) is 3. The molecule has 0 bridgehead atoms. The first kappa shape index (κ1) is 29.9. The molecule has 1 aromatic heterocycles. The summed E-state index contributed by atoms with van der Waals surface area (Å²) in [4.78, 5) is 30.4. The number of rotatable bonds is 9. The summed E-state index contributed by atoms with van der Waals surface area (Å²) < 4.78 is 58.7. The number of benzene rings is 2. The van der Waals surface area contributed by atoms with E-state index in [1.54, 1.807) is 18.2 Å². The second-order valence-electron chi connectivity index (χ2n) is 8.76. The fourth-order valence-electron chi connectivity index (χ4n) is 3.94. The molecule has 1 aliphatic rings. The van der Waals surface area contributed by atoms with Crippen LogP contribution in [0, 0.1) is 0 Å². The molecule has 3 N–H and O–H groups in total. The summed E-state index contributed by atoms with van der Waals surface area (Å²) in [5.74, 6) is -0.173. The molecule has 0 saturated carbocycles. The molecule has 3 aromatic rings. The number of amides is 3. The molecule has 2 aromatic carbocycles. The van der Waals surface area contributed by atoms with Gasteiger partial charge in [-0.1, -0.05) is 11.6 Å². The van der Waals surface area contributed by atoms with Gasteiger partial charge < -0.3 is 30.2 Å². The fraction of sp³-hybridized carbons (Fsp3) is 0.296. The molecule has 1 saturated heterocycles. The van der Waals surface area contributed by atoms with Gasteiger partial charge in [0.1, 0.15) is 29.4 Å². The van der Waals surface area contributed by atoms with Crippen molar-refractivity contribution in [1.29, 1.82) is 0 Å². The number of nitrogens with zero attached hydrogens (tertiary/aromatic N) is 2. The van der Waals surface area contributed by atoms with Crippen LogP contribution >= 0.6 is 11.6 Å². The highest BCUT2D eigenvalue weighted by atomic mass is 35.5. The van der Waals surface area contributed by atoms with Crippen molar-refractivity contribution in [3.05, 3.63) is 71.0 Å². The first-order valence-electron chi connectivity index (χ1n) is 12.5. The normalized spacial score (nSPS) is 13.8. The quantitative estimate of drug-likeness (QED) is 0.310. The highest BCUT2D eigenvalue weighted by molar-refractivity contribution is 6.32. The standard InChI is InChI=1S/C27H27ClF3N5O5/c1-32-25(37)22-16-19(8-9-33-22)41-18-4-2-17(3-5-18)34-26(38)35-21-7-6-20(28)24(23(21)27(29,30)31)40-15-12-36-10-13-39-14-11-36/h2-9,16H,10-15H2,1H3,(H,32,37)(H2,34,35,38). The van der Waals surface area contributed by atoms with E-state index < -0.39 is 29.2 Å². The Bertz CT molecular complexity index is 1370. The molecule has 2 heterocycles. The lowest BCUT2D eigenvalue weighted by Crippen LogP contribution is -2.38. The van der Waals surface area contributed by atoms with Gasteiger partial charge >= 0.3 is 12.2 Å². The Labute approximate surface area is 238 Å². The summed E-state index contributed by atoms with van der Waals surface area (Å²) in [6, 6.07) is 10.5. The Kier molecular flexibility index (Phi) is 9.86. The minimum absolute atomic E-state index is 0.0283. The van der Waals surface area contributed by atoms with E-state index in [2.05, 4.69) is 20.9 Å². The zero-order valence-corrected chi connectivity index (χ0v) is 22.6.